The van der Waals surface area contributed by atoms with Crippen molar-refractivity contribution in [2.75, 3.05) is 28.6 Å². The van der Waals surface area contributed by atoms with Gasteiger partial charge >= 0.3 is 0 Å². The number of anilines is 3. The highest BCUT2D eigenvalue weighted by atomic mass is 16.2. The maximum Gasteiger partial charge on any atom is 0.250 e. The van der Waals surface area contributed by atoms with Gasteiger partial charge in [-0.25, -0.2) is 4.98 Å². The van der Waals surface area contributed by atoms with Crippen LogP contribution in [-0.2, 0) is 27.3 Å². The van der Waals surface area contributed by atoms with Crippen molar-refractivity contribution in [2.24, 2.45) is 11.8 Å². The average molecular weight is 541 g/mol. The number of amides is 3. The van der Waals surface area contributed by atoms with E-state index < -0.39 is 5.92 Å². The number of hydrogen-bond donors (Lipinski definition) is 3. The molecule has 10 nitrogen and oxygen atoms in total. The van der Waals surface area contributed by atoms with E-state index in [0.717, 1.165) is 29.9 Å². The number of rotatable bonds is 6. The third kappa shape index (κ3) is 4.97. The molecular formula is C30H32N6O4. The van der Waals surface area contributed by atoms with Crippen molar-refractivity contribution in [2.45, 2.75) is 44.7 Å². The van der Waals surface area contributed by atoms with E-state index in [-0.39, 0.29) is 54.1 Å². The zero-order valence-electron chi connectivity index (χ0n) is 22.3. The van der Waals surface area contributed by atoms with Crippen LogP contribution in [0.3, 0.4) is 0 Å². The summed E-state index contributed by atoms with van der Waals surface area (Å²) in [5.74, 6) is -0.119. The molecular weight excluding hydrogens is 508 g/mol. The van der Waals surface area contributed by atoms with E-state index in [1.54, 1.807) is 36.5 Å². The van der Waals surface area contributed by atoms with Crippen LogP contribution in [0, 0.1) is 11.8 Å². The lowest BCUT2D eigenvalue weighted by Gasteiger charge is -2.54. The normalized spacial score (nSPS) is 22.3. The van der Waals surface area contributed by atoms with Gasteiger partial charge in [-0.05, 0) is 60.7 Å². The molecule has 206 valence electrons. The van der Waals surface area contributed by atoms with Gasteiger partial charge < -0.3 is 25.4 Å². The number of pyridine rings is 2. The maximum absolute atomic E-state index is 13.8. The molecule has 3 aromatic rings. The quantitative estimate of drug-likeness (QED) is 0.441. The number of carbonyl (C=O) groups is 3. The summed E-state index contributed by atoms with van der Waals surface area (Å²) >= 11 is 0. The molecule has 0 saturated carbocycles. The Bertz CT molecular complexity index is 1520. The van der Waals surface area contributed by atoms with Crippen LogP contribution < -0.4 is 26.4 Å². The number of hydrogen-bond acceptors (Lipinski definition) is 6. The fraction of sp³-hybridized carbons (Fsp3) is 0.367. The van der Waals surface area contributed by atoms with Crippen LogP contribution in [0.1, 0.15) is 36.9 Å². The van der Waals surface area contributed by atoms with E-state index in [0.29, 0.717) is 24.5 Å². The second-order valence-corrected chi connectivity index (χ2v) is 10.9. The van der Waals surface area contributed by atoms with Gasteiger partial charge in [-0.3, -0.25) is 19.2 Å². The third-order valence-corrected chi connectivity index (χ3v) is 8.20. The molecule has 2 aromatic heterocycles. The van der Waals surface area contributed by atoms with Gasteiger partial charge in [0.25, 0.3) is 5.56 Å². The zero-order chi connectivity index (χ0) is 27.8. The Kier molecular flexibility index (Phi) is 6.83. The van der Waals surface area contributed by atoms with Crippen LogP contribution >= 0.6 is 0 Å². The molecule has 2 bridgehead atoms. The Morgan fingerprint density at radius 2 is 1.90 bits per heavy atom. The van der Waals surface area contributed by atoms with Crippen LogP contribution in [0.4, 0.5) is 17.2 Å². The lowest BCUT2D eigenvalue weighted by atomic mass is 9.69. The molecule has 0 radical (unpaired) electrons. The van der Waals surface area contributed by atoms with Crippen LogP contribution in [0.25, 0.3) is 0 Å². The SMILES string of the molecule is CC(=O)Nc1ccc2c(c1)CC(C(=O)NCCC(=O)Nc1ccccn1)[C@H]1[C@@H]3C[C@H](CN21)Cn1c3cccc1=O. The minimum Gasteiger partial charge on any atom is -0.366 e. The second-order valence-electron chi connectivity index (χ2n) is 10.9. The standard InChI is InChI=1S/C30H32N6O4/c1-18(37)33-21-8-9-24-20(14-21)15-23(30(40)32-12-10-27(38)34-26-6-2-3-11-31-26)29-22-13-19(17-36(24)29)16-35-25(22)5-4-7-28(35)39/h2-9,11,14,19,22-23,29H,10,12-13,15-17H2,1H3,(H,32,40)(H,33,37)(H,31,34,38)/t19-,22+,23?,29+/m0/s1. The molecule has 3 aliphatic rings. The average Bonchev–Trinajstić information content (AvgIpc) is 2.93. The van der Waals surface area contributed by atoms with E-state index in [1.807, 2.05) is 28.8 Å². The fourth-order valence-electron chi connectivity index (χ4n) is 6.68. The Hall–Kier alpha value is -4.47. The minimum absolute atomic E-state index is 0.00303. The van der Waals surface area contributed by atoms with E-state index in [9.17, 15) is 19.2 Å². The molecule has 1 saturated heterocycles. The summed E-state index contributed by atoms with van der Waals surface area (Å²) in [5.41, 5.74) is 3.74. The molecule has 1 fully saturated rings. The predicted octanol–water partition coefficient (Wildman–Crippen LogP) is 2.51. The van der Waals surface area contributed by atoms with E-state index in [2.05, 4.69) is 25.8 Å². The second kappa shape index (κ2) is 10.6. The predicted molar refractivity (Wildman–Crippen MR) is 151 cm³/mol. The van der Waals surface area contributed by atoms with E-state index >= 15 is 0 Å². The smallest absolute Gasteiger partial charge is 0.250 e. The largest absolute Gasteiger partial charge is 0.366 e. The van der Waals surface area contributed by atoms with Crippen LogP contribution in [0.15, 0.2) is 65.6 Å². The molecule has 1 aromatic carbocycles. The summed E-state index contributed by atoms with van der Waals surface area (Å²) < 4.78 is 1.88. The van der Waals surface area contributed by atoms with Crippen LogP contribution in [0.5, 0.6) is 0 Å². The monoisotopic (exact) mass is 540 g/mol. The van der Waals surface area contributed by atoms with Crippen molar-refractivity contribution in [1.29, 1.82) is 0 Å². The first-order valence-corrected chi connectivity index (χ1v) is 13.7. The van der Waals surface area contributed by atoms with E-state index in [1.165, 1.54) is 6.92 Å². The van der Waals surface area contributed by atoms with Gasteiger partial charge in [0, 0.05) is 74.3 Å². The molecule has 6 rings (SSSR count). The van der Waals surface area contributed by atoms with Gasteiger partial charge in [0.15, 0.2) is 0 Å². The Morgan fingerprint density at radius 1 is 1.02 bits per heavy atom. The molecule has 0 spiro atoms. The van der Waals surface area contributed by atoms with Crippen molar-refractivity contribution in [1.82, 2.24) is 14.9 Å². The fourth-order valence-corrected chi connectivity index (χ4v) is 6.68. The molecule has 40 heavy (non-hydrogen) atoms. The van der Waals surface area contributed by atoms with Gasteiger partial charge in [0.1, 0.15) is 5.82 Å². The number of fused-ring (bicyclic) bond motifs is 8. The summed E-state index contributed by atoms with van der Waals surface area (Å²) in [7, 11) is 0. The highest BCUT2D eigenvalue weighted by Gasteiger charge is 2.49. The number of carbonyl (C=O) groups excluding carboxylic acids is 3. The number of benzene rings is 1. The van der Waals surface area contributed by atoms with Crippen molar-refractivity contribution in [3.8, 4) is 0 Å². The molecule has 5 heterocycles. The van der Waals surface area contributed by atoms with Crippen LogP contribution in [0.2, 0.25) is 0 Å². The lowest BCUT2D eigenvalue weighted by molar-refractivity contribution is -0.126. The van der Waals surface area contributed by atoms with Crippen molar-refractivity contribution < 1.29 is 14.4 Å². The highest BCUT2D eigenvalue weighted by Crippen LogP contribution is 2.48. The van der Waals surface area contributed by atoms with Crippen LogP contribution in [-0.4, -0.2) is 46.4 Å². The molecule has 4 atom stereocenters. The maximum atomic E-state index is 13.8. The number of piperidine rings is 1. The Balaban J connectivity index is 1.27. The first-order chi connectivity index (χ1) is 19.4. The molecule has 3 N–H and O–H groups in total. The van der Waals surface area contributed by atoms with Gasteiger partial charge in [-0.1, -0.05) is 12.1 Å². The van der Waals surface area contributed by atoms with E-state index in [4.69, 9.17) is 0 Å². The Labute approximate surface area is 231 Å². The van der Waals surface area contributed by atoms with Crippen molar-refractivity contribution >= 4 is 34.9 Å². The molecule has 3 amide bonds. The lowest BCUT2D eigenvalue weighted by Crippen LogP contribution is -2.60. The zero-order valence-corrected chi connectivity index (χ0v) is 22.3. The third-order valence-electron chi connectivity index (χ3n) is 8.20. The molecule has 3 aliphatic heterocycles. The van der Waals surface area contributed by atoms with Crippen molar-refractivity contribution in [3.05, 3.63) is 82.4 Å². The summed E-state index contributed by atoms with van der Waals surface area (Å²) in [6.07, 6.45) is 3.14. The summed E-state index contributed by atoms with van der Waals surface area (Å²) in [6.45, 7) is 3.07. The van der Waals surface area contributed by atoms with Gasteiger partial charge in [-0.15, -0.1) is 0 Å². The number of aromatic nitrogens is 2. The number of nitrogens with one attached hydrogen (secondary N) is 3. The molecule has 1 unspecified atom stereocenters. The topological polar surface area (TPSA) is 125 Å². The Morgan fingerprint density at radius 3 is 2.70 bits per heavy atom. The summed E-state index contributed by atoms with van der Waals surface area (Å²) in [4.78, 5) is 57.1. The molecule has 0 aliphatic carbocycles. The first-order valence-electron chi connectivity index (χ1n) is 13.7. The highest BCUT2D eigenvalue weighted by molar-refractivity contribution is 5.91. The summed E-state index contributed by atoms with van der Waals surface area (Å²) in [6, 6.07) is 16.4. The molecule has 10 heteroatoms. The van der Waals surface area contributed by atoms with Crippen molar-refractivity contribution in [3.63, 3.8) is 0 Å². The number of nitrogens with zero attached hydrogens (tertiary/aromatic N) is 3. The van der Waals surface area contributed by atoms with Gasteiger partial charge in [0.2, 0.25) is 17.7 Å². The first kappa shape index (κ1) is 25.8. The summed E-state index contributed by atoms with van der Waals surface area (Å²) in [5, 5.41) is 8.60. The van der Waals surface area contributed by atoms with Gasteiger partial charge in [-0.2, -0.15) is 0 Å². The minimum atomic E-state index is -0.397. The van der Waals surface area contributed by atoms with Gasteiger partial charge in [0.05, 0.1) is 5.92 Å².